The van der Waals surface area contributed by atoms with Gasteiger partial charge in [-0.2, -0.15) is 0 Å². The Kier molecular flexibility index (Phi) is 3.53. The highest BCUT2D eigenvalue weighted by Gasteiger charge is 2.21. The molecule has 0 radical (unpaired) electrons. The highest BCUT2D eigenvalue weighted by molar-refractivity contribution is 7.11. The number of para-hydroxylation sites is 1. The Morgan fingerprint density at radius 1 is 1.42 bits per heavy atom. The molecule has 1 aromatic carbocycles. The summed E-state index contributed by atoms with van der Waals surface area (Å²) >= 11 is 1.81. The quantitative estimate of drug-likeness (QED) is 0.935. The minimum atomic E-state index is 0.131. The second kappa shape index (κ2) is 5.31. The second-order valence-electron chi connectivity index (χ2n) is 4.90. The summed E-state index contributed by atoms with van der Waals surface area (Å²) in [6.45, 7) is 0. The minimum absolute atomic E-state index is 0.131. The number of fused-ring (bicyclic) bond motifs is 1. The average molecular weight is 274 g/mol. The van der Waals surface area contributed by atoms with Crippen LogP contribution in [0.5, 0.6) is 5.75 Å². The summed E-state index contributed by atoms with van der Waals surface area (Å²) in [6, 6.07) is 8.25. The van der Waals surface area contributed by atoms with E-state index in [0.29, 0.717) is 0 Å². The predicted octanol–water partition coefficient (Wildman–Crippen LogP) is 3.08. The van der Waals surface area contributed by atoms with Crippen molar-refractivity contribution in [3.63, 3.8) is 0 Å². The van der Waals surface area contributed by atoms with Crippen LogP contribution in [0.2, 0.25) is 0 Å². The van der Waals surface area contributed by atoms with E-state index in [-0.39, 0.29) is 6.04 Å². The van der Waals surface area contributed by atoms with Gasteiger partial charge in [0.05, 0.1) is 17.8 Å². The van der Waals surface area contributed by atoms with E-state index in [1.807, 2.05) is 18.2 Å². The Bertz CT molecular complexity index is 579. The van der Waals surface area contributed by atoms with Crippen molar-refractivity contribution in [1.82, 2.24) is 4.98 Å². The van der Waals surface area contributed by atoms with Crippen molar-refractivity contribution in [3.8, 4) is 5.75 Å². The summed E-state index contributed by atoms with van der Waals surface area (Å²) in [5.41, 5.74) is 8.44. The Balaban J connectivity index is 1.88. The van der Waals surface area contributed by atoms with Crippen molar-refractivity contribution in [3.05, 3.63) is 45.4 Å². The third-order valence-corrected chi connectivity index (χ3v) is 4.71. The van der Waals surface area contributed by atoms with Gasteiger partial charge in [0.2, 0.25) is 0 Å². The lowest BCUT2D eigenvalue weighted by Crippen LogP contribution is -2.16. The topological polar surface area (TPSA) is 48.1 Å². The van der Waals surface area contributed by atoms with Crippen LogP contribution in [0.25, 0.3) is 0 Å². The summed E-state index contributed by atoms with van der Waals surface area (Å²) < 4.78 is 5.39. The number of nitrogens with two attached hydrogens (primary N) is 1. The number of nitrogens with zero attached hydrogens (tertiary/aromatic N) is 1. The first kappa shape index (κ1) is 12.6. The fourth-order valence-electron chi connectivity index (χ4n) is 2.59. The van der Waals surface area contributed by atoms with Gasteiger partial charge in [0, 0.05) is 22.9 Å². The van der Waals surface area contributed by atoms with Crippen molar-refractivity contribution in [2.75, 3.05) is 7.11 Å². The fourth-order valence-corrected chi connectivity index (χ4v) is 3.79. The van der Waals surface area contributed by atoms with Gasteiger partial charge in [-0.3, -0.25) is 0 Å². The number of methoxy groups -OCH3 is 1. The summed E-state index contributed by atoms with van der Waals surface area (Å²) in [7, 11) is 1.71. The lowest BCUT2D eigenvalue weighted by molar-refractivity contribution is 0.410. The predicted molar refractivity (Wildman–Crippen MR) is 77.8 cm³/mol. The molecule has 0 fully saturated rings. The molecule has 1 unspecified atom stereocenters. The third-order valence-electron chi connectivity index (χ3n) is 3.58. The summed E-state index contributed by atoms with van der Waals surface area (Å²) in [5.74, 6) is 0.931. The van der Waals surface area contributed by atoms with Gasteiger partial charge in [0.1, 0.15) is 5.75 Å². The van der Waals surface area contributed by atoms with Crippen LogP contribution in [0.1, 0.15) is 40.0 Å². The molecule has 1 aromatic heterocycles. The molecule has 4 heteroatoms. The summed E-state index contributed by atoms with van der Waals surface area (Å²) in [5, 5.41) is 1.15. The SMILES string of the molecule is COc1ccccc1Cc1nc2c(s1)CCCC2N. The smallest absolute Gasteiger partial charge is 0.122 e. The van der Waals surface area contributed by atoms with Gasteiger partial charge in [-0.1, -0.05) is 18.2 Å². The van der Waals surface area contributed by atoms with Gasteiger partial charge < -0.3 is 10.5 Å². The zero-order valence-electron chi connectivity index (χ0n) is 11.1. The van der Waals surface area contributed by atoms with E-state index in [2.05, 4.69) is 6.07 Å². The highest BCUT2D eigenvalue weighted by atomic mass is 32.1. The second-order valence-corrected chi connectivity index (χ2v) is 6.07. The van der Waals surface area contributed by atoms with E-state index in [4.69, 9.17) is 15.5 Å². The first-order valence-corrected chi connectivity index (χ1v) is 7.45. The minimum Gasteiger partial charge on any atom is -0.496 e. The van der Waals surface area contributed by atoms with Crippen LogP contribution in [-0.2, 0) is 12.8 Å². The maximum absolute atomic E-state index is 6.13. The van der Waals surface area contributed by atoms with Gasteiger partial charge in [0.15, 0.2) is 0 Å². The van der Waals surface area contributed by atoms with Crippen LogP contribution in [0, 0.1) is 0 Å². The van der Waals surface area contributed by atoms with Gasteiger partial charge in [-0.05, 0) is 25.3 Å². The van der Waals surface area contributed by atoms with Crippen LogP contribution in [0.4, 0.5) is 0 Å². The van der Waals surface area contributed by atoms with E-state index in [9.17, 15) is 0 Å². The first-order valence-electron chi connectivity index (χ1n) is 6.64. The van der Waals surface area contributed by atoms with Crippen LogP contribution in [-0.4, -0.2) is 12.1 Å². The Labute approximate surface area is 117 Å². The number of aromatic nitrogens is 1. The number of aryl methyl sites for hydroxylation is 1. The lowest BCUT2D eigenvalue weighted by Gasteiger charge is -2.15. The Morgan fingerprint density at radius 2 is 2.26 bits per heavy atom. The molecule has 0 amide bonds. The molecule has 3 rings (SSSR count). The standard InChI is InChI=1S/C15H18N2OS/c1-18-12-7-3-2-5-10(12)9-14-17-15-11(16)6-4-8-13(15)19-14/h2-3,5,7,11H,4,6,8-9,16H2,1H3. The maximum atomic E-state index is 6.13. The fraction of sp³-hybridized carbons (Fsp3) is 0.400. The van der Waals surface area contributed by atoms with E-state index in [1.54, 1.807) is 18.4 Å². The number of hydrogen-bond acceptors (Lipinski definition) is 4. The van der Waals surface area contributed by atoms with Crippen LogP contribution >= 0.6 is 11.3 Å². The van der Waals surface area contributed by atoms with Crippen molar-refractivity contribution in [2.45, 2.75) is 31.7 Å². The number of thiazole rings is 1. The number of benzene rings is 1. The van der Waals surface area contributed by atoms with Crippen LogP contribution in [0.3, 0.4) is 0 Å². The molecule has 0 spiro atoms. The molecule has 0 aliphatic heterocycles. The lowest BCUT2D eigenvalue weighted by atomic mass is 9.99. The highest BCUT2D eigenvalue weighted by Crippen LogP contribution is 2.33. The number of rotatable bonds is 3. The Morgan fingerprint density at radius 3 is 3.05 bits per heavy atom. The van der Waals surface area contributed by atoms with Gasteiger partial charge in [-0.15, -0.1) is 11.3 Å². The van der Waals surface area contributed by atoms with E-state index < -0.39 is 0 Å². The van der Waals surface area contributed by atoms with E-state index >= 15 is 0 Å². The molecule has 1 heterocycles. The van der Waals surface area contributed by atoms with Gasteiger partial charge in [-0.25, -0.2) is 4.98 Å². The average Bonchev–Trinajstić information content (AvgIpc) is 2.83. The molecule has 100 valence electrons. The van der Waals surface area contributed by atoms with Crippen LogP contribution in [0.15, 0.2) is 24.3 Å². The molecular formula is C15H18N2OS. The van der Waals surface area contributed by atoms with Crippen molar-refractivity contribution < 1.29 is 4.74 Å². The molecule has 2 aromatic rings. The molecule has 2 N–H and O–H groups in total. The van der Waals surface area contributed by atoms with Gasteiger partial charge >= 0.3 is 0 Å². The zero-order chi connectivity index (χ0) is 13.2. The Hall–Kier alpha value is -1.39. The normalized spacial score (nSPS) is 18.1. The molecular weight excluding hydrogens is 256 g/mol. The zero-order valence-corrected chi connectivity index (χ0v) is 11.9. The molecule has 19 heavy (non-hydrogen) atoms. The monoisotopic (exact) mass is 274 g/mol. The third kappa shape index (κ3) is 2.51. The van der Waals surface area contributed by atoms with Crippen molar-refractivity contribution >= 4 is 11.3 Å². The maximum Gasteiger partial charge on any atom is 0.122 e. The number of ether oxygens (including phenoxy) is 1. The largest absolute Gasteiger partial charge is 0.496 e. The van der Waals surface area contributed by atoms with Crippen LogP contribution < -0.4 is 10.5 Å². The van der Waals surface area contributed by atoms with Crippen molar-refractivity contribution in [1.29, 1.82) is 0 Å². The molecule has 1 aliphatic rings. The van der Waals surface area contributed by atoms with Gasteiger partial charge in [0.25, 0.3) is 0 Å². The molecule has 0 saturated carbocycles. The van der Waals surface area contributed by atoms with E-state index in [0.717, 1.165) is 35.7 Å². The molecule has 3 nitrogen and oxygen atoms in total. The summed E-state index contributed by atoms with van der Waals surface area (Å²) in [6.07, 6.45) is 4.20. The summed E-state index contributed by atoms with van der Waals surface area (Å²) in [4.78, 5) is 6.12. The first-order chi connectivity index (χ1) is 9.28. The molecule has 1 atom stereocenters. The van der Waals surface area contributed by atoms with E-state index in [1.165, 1.54) is 16.9 Å². The number of hydrogen-bond donors (Lipinski definition) is 1. The van der Waals surface area contributed by atoms with Crippen molar-refractivity contribution in [2.24, 2.45) is 5.73 Å². The molecule has 0 bridgehead atoms. The molecule has 1 aliphatic carbocycles. The molecule has 0 saturated heterocycles.